The number of benzene rings is 2. The van der Waals surface area contributed by atoms with E-state index in [9.17, 15) is 13.6 Å². The molecule has 2 aliphatic rings. The van der Waals surface area contributed by atoms with E-state index >= 15 is 0 Å². The number of nitrogens with zero attached hydrogens (tertiary/aromatic N) is 1. The lowest BCUT2D eigenvalue weighted by molar-refractivity contribution is -0.0262. The number of methoxy groups -OCH3 is 1. The molecule has 0 aromatic heterocycles. The molecule has 0 unspecified atom stereocenters. The number of rotatable bonds is 2. The summed E-state index contributed by atoms with van der Waals surface area (Å²) in [6.07, 6.45) is 1.55. The normalized spacial score (nSPS) is 25.2. The minimum Gasteiger partial charge on any atom is -0.491 e. The molecule has 1 heterocycles. The van der Waals surface area contributed by atoms with Crippen LogP contribution in [0.5, 0.6) is 5.75 Å². The van der Waals surface area contributed by atoms with Crippen molar-refractivity contribution >= 4 is 5.91 Å². The lowest BCUT2D eigenvalue weighted by Crippen LogP contribution is -2.64. The van der Waals surface area contributed by atoms with E-state index in [1.54, 1.807) is 4.90 Å². The number of fused-ring (bicyclic) bond motifs is 4. The summed E-state index contributed by atoms with van der Waals surface area (Å²) in [6.45, 7) is 7.23. The van der Waals surface area contributed by atoms with Crippen molar-refractivity contribution in [1.82, 2.24) is 4.90 Å². The number of piperidine rings is 1. The fourth-order valence-corrected chi connectivity index (χ4v) is 5.16. The molecule has 1 fully saturated rings. The molecular weight excluding hydrogens is 360 g/mol. The predicted molar refractivity (Wildman–Crippen MR) is 104 cm³/mol. The van der Waals surface area contributed by atoms with Gasteiger partial charge in [-0.15, -0.1) is 0 Å². The average molecular weight is 385 g/mol. The first-order chi connectivity index (χ1) is 13.2. The highest BCUT2D eigenvalue weighted by molar-refractivity contribution is 5.95. The van der Waals surface area contributed by atoms with E-state index in [1.807, 2.05) is 6.07 Å². The quantitative estimate of drug-likeness (QED) is 0.748. The van der Waals surface area contributed by atoms with Crippen LogP contribution in [0.1, 0.15) is 48.7 Å². The third-order valence-corrected chi connectivity index (χ3v) is 7.22. The van der Waals surface area contributed by atoms with Crippen molar-refractivity contribution in [3.05, 3.63) is 64.7 Å². The number of hydrogen-bond acceptors (Lipinski definition) is 2. The maximum Gasteiger partial charge on any atom is 0.254 e. The molecule has 0 radical (unpaired) electrons. The molecule has 2 bridgehead atoms. The van der Waals surface area contributed by atoms with Crippen molar-refractivity contribution in [2.45, 2.75) is 45.1 Å². The van der Waals surface area contributed by atoms with Crippen molar-refractivity contribution in [3.8, 4) is 5.75 Å². The first-order valence-electron chi connectivity index (χ1n) is 9.63. The summed E-state index contributed by atoms with van der Waals surface area (Å²) < 4.78 is 33.1. The Hall–Kier alpha value is -2.43. The second kappa shape index (κ2) is 6.29. The summed E-state index contributed by atoms with van der Waals surface area (Å²) >= 11 is 0. The molecule has 1 saturated heterocycles. The Kier molecular flexibility index (Phi) is 4.25. The van der Waals surface area contributed by atoms with E-state index in [0.29, 0.717) is 6.54 Å². The van der Waals surface area contributed by atoms with E-state index in [2.05, 4.69) is 39.0 Å². The molecule has 0 saturated carbocycles. The second-order valence-corrected chi connectivity index (χ2v) is 8.65. The van der Waals surface area contributed by atoms with Crippen LogP contribution < -0.4 is 4.74 Å². The lowest BCUT2D eigenvalue weighted by atomic mass is 9.51. The van der Waals surface area contributed by atoms with Gasteiger partial charge in [-0.2, -0.15) is 0 Å². The number of carbonyl (C=O) groups excluding carboxylic acids is 1. The molecule has 5 heteroatoms. The van der Waals surface area contributed by atoms with Gasteiger partial charge in [0.15, 0.2) is 17.4 Å². The molecular formula is C23H25F2NO2. The number of ether oxygens (including phenoxy) is 1. The zero-order valence-corrected chi connectivity index (χ0v) is 16.7. The molecule has 2 aromatic rings. The van der Waals surface area contributed by atoms with Crippen LogP contribution in [-0.4, -0.2) is 30.5 Å². The van der Waals surface area contributed by atoms with Gasteiger partial charge >= 0.3 is 0 Å². The molecule has 3 nitrogen and oxygen atoms in total. The molecule has 2 aromatic carbocycles. The molecule has 4 rings (SSSR count). The van der Waals surface area contributed by atoms with Crippen LogP contribution in [0, 0.1) is 17.0 Å². The molecule has 2 atom stereocenters. The highest BCUT2D eigenvalue weighted by Gasteiger charge is 2.56. The van der Waals surface area contributed by atoms with Crippen LogP contribution in [0.2, 0.25) is 0 Å². The monoisotopic (exact) mass is 385 g/mol. The molecule has 0 N–H and O–H groups in total. The smallest absolute Gasteiger partial charge is 0.254 e. The van der Waals surface area contributed by atoms with Crippen LogP contribution in [0.4, 0.5) is 8.78 Å². The molecule has 148 valence electrons. The van der Waals surface area contributed by atoms with Gasteiger partial charge in [0.05, 0.1) is 7.11 Å². The minimum absolute atomic E-state index is 0.0223. The molecule has 1 aliphatic heterocycles. The first-order valence-corrected chi connectivity index (χ1v) is 9.63. The molecule has 28 heavy (non-hydrogen) atoms. The van der Waals surface area contributed by atoms with Crippen LogP contribution >= 0.6 is 0 Å². The third kappa shape index (κ3) is 2.48. The Morgan fingerprint density at radius 3 is 2.43 bits per heavy atom. The standard InChI is InChI=1S/C23H25F2NO2/c1-22(2)19-13-14-7-5-6-8-16(14)23(22,3)9-10-26(19)21(27)15-11-17(24)20(28-4)18(25)12-15/h5-8,11-12,19H,9-10,13H2,1-4H3/t19-,23+/m1/s1. The van der Waals surface area contributed by atoms with Crippen LogP contribution in [0.3, 0.4) is 0 Å². The van der Waals surface area contributed by atoms with Gasteiger partial charge in [0.1, 0.15) is 0 Å². The first kappa shape index (κ1) is 18.9. The lowest BCUT2D eigenvalue weighted by Gasteiger charge is -2.60. The fourth-order valence-electron chi connectivity index (χ4n) is 5.16. The van der Waals surface area contributed by atoms with E-state index in [1.165, 1.54) is 18.2 Å². The van der Waals surface area contributed by atoms with Gasteiger partial charge in [0, 0.05) is 23.6 Å². The van der Waals surface area contributed by atoms with Crippen molar-refractivity contribution in [2.24, 2.45) is 5.41 Å². The molecule has 1 aliphatic carbocycles. The van der Waals surface area contributed by atoms with Gasteiger partial charge in [-0.05, 0) is 41.5 Å². The van der Waals surface area contributed by atoms with E-state index < -0.39 is 17.4 Å². The fraction of sp³-hybridized carbons (Fsp3) is 0.435. The van der Waals surface area contributed by atoms with Gasteiger partial charge in [-0.1, -0.05) is 45.0 Å². The molecule has 0 spiro atoms. The third-order valence-electron chi connectivity index (χ3n) is 7.22. The van der Waals surface area contributed by atoms with Crippen LogP contribution in [0.15, 0.2) is 36.4 Å². The second-order valence-electron chi connectivity index (χ2n) is 8.65. The Balaban J connectivity index is 1.75. The Labute approximate surface area is 164 Å². The number of halogens is 2. The van der Waals surface area contributed by atoms with Crippen molar-refractivity contribution in [1.29, 1.82) is 0 Å². The topological polar surface area (TPSA) is 29.5 Å². The van der Waals surface area contributed by atoms with E-state index in [-0.39, 0.29) is 28.3 Å². The number of likely N-dealkylation sites (tertiary alicyclic amines) is 1. The summed E-state index contributed by atoms with van der Waals surface area (Å²) in [7, 11) is 1.20. The largest absolute Gasteiger partial charge is 0.491 e. The van der Waals surface area contributed by atoms with Crippen molar-refractivity contribution in [2.75, 3.05) is 13.7 Å². The summed E-state index contributed by atoms with van der Waals surface area (Å²) in [5, 5.41) is 0. The summed E-state index contributed by atoms with van der Waals surface area (Å²) in [5.74, 6) is -2.52. The number of carbonyl (C=O) groups is 1. The average Bonchev–Trinajstić information content (AvgIpc) is 2.64. The van der Waals surface area contributed by atoms with Crippen LogP contribution in [0.25, 0.3) is 0 Å². The van der Waals surface area contributed by atoms with Crippen molar-refractivity contribution < 1.29 is 18.3 Å². The van der Waals surface area contributed by atoms with Crippen LogP contribution in [-0.2, 0) is 11.8 Å². The minimum atomic E-state index is -0.860. The zero-order valence-electron chi connectivity index (χ0n) is 16.7. The highest BCUT2D eigenvalue weighted by atomic mass is 19.1. The SMILES string of the molecule is COc1c(F)cc(C(=O)N2CC[C@@]3(C)c4ccccc4C[C@@H]2C3(C)C)cc1F. The van der Waals surface area contributed by atoms with Crippen molar-refractivity contribution in [3.63, 3.8) is 0 Å². The predicted octanol–water partition coefficient (Wildman–Crippen LogP) is 4.73. The van der Waals surface area contributed by atoms with E-state index in [4.69, 9.17) is 4.74 Å². The Bertz CT molecular complexity index is 932. The summed E-state index contributed by atoms with van der Waals surface area (Å²) in [4.78, 5) is 15.1. The summed E-state index contributed by atoms with van der Waals surface area (Å²) in [6, 6.07) is 10.5. The number of amides is 1. The zero-order chi connectivity index (χ0) is 20.3. The Morgan fingerprint density at radius 1 is 1.14 bits per heavy atom. The molecule has 1 amide bonds. The maximum atomic E-state index is 14.2. The number of hydrogen-bond donors (Lipinski definition) is 0. The summed E-state index contributed by atoms with van der Waals surface area (Å²) in [5.41, 5.74) is 2.40. The Morgan fingerprint density at radius 2 is 1.79 bits per heavy atom. The van der Waals surface area contributed by atoms with Gasteiger partial charge in [0.2, 0.25) is 0 Å². The van der Waals surface area contributed by atoms with E-state index in [0.717, 1.165) is 25.0 Å². The van der Waals surface area contributed by atoms with Gasteiger partial charge in [-0.25, -0.2) is 8.78 Å². The maximum absolute atomic E-state index is 14.2. The van der Waals surface area contributed by atoms with Gasteiger partial charge in [0.25, 0.3) is 5.91 Å². The highest BCUT2D eigenvalue weighted by Crippen LogP contribution is 2.56. The van der Waals surface area contributed by atoms with Gasteiger partial charge < -0.3 is 9.64 Å². The van der Waals surface area contributed by atoms with Gasteiger partial charge in [-0.3, -0.25) is 4.79 Å².